The molecule has 20 atom stereocenters. The lowest BCUT2D eigenvalue weighted by Gasteiger charge is -2.52. The molecule has 10 unspecified atom stereocenters. The van der Waals surface area contributed by atoms with E-state index >= 15 is 0 Å². The van der Waals surface area contributed by atoms with Crippen LogP contribution in [0.1, 0.15) is 73.4 Å². The second kappa shape index (κ2) is 41.2. The number of aliphatic hydroxyl groups excluding tert-OH is 2. The van der Waals surface area contributed by atoms with Crippen molar-refractivity contribution in [1.82, 2.24) is 0 Å². The lowest BCUT2D eigenvalue weighted by Crippen LogP contribution is -2.69. The Morgan fingerprint density at radius 1 is 0.444 bits per heavy atom. The quantitative estimate of drug-likeness (QED) is 0.0146. The van der Waals surface area contributed by atoms with Gasteiger partial charge in [0.05, 0.1) is 44.7 Å². The third-order valence-corrected chi connectivity index (χ3v) is 30.3. The predicted molar refractivity (Wildman–Crippen MR) is 409 cm³/mol. The van der Waals surface area contributed by atoms with E-state index in [2.05, 4.69) is 110 Å². The van der Waals surface area contributed by atoms with Crippen molar-refractivity contribution < 1.29 is 94.7 Å². The molecule has 0 saturated carbocycles. The van der Waals surface area contributed by atoms with Crippen LogP contribution in [-0.4, -0.2) is 212 Å². The maximum atomic E-state index is 13.3. The van der Waals surface area contributed by atoms with Gasteiger partial charge in [0.1, 0.15) is 116 Å². The van der Waals surface area contributed by atoms with Gasteiger partial charge in [-0.25, -0.2) is 0 Å². The zero-order valence-electron chi connectivity index (χ0n) is 61.8. The molecule has 0 amide bonds. The fourth-order valence-electron chi connectivity index (χ4n) is 14.6. The predicted octanol–water partition coefficient (Wildman–Crippen LogP) is 8.29. The highest BCUT2D eigenvalue weighted by molar-refractivity contribution is 7.98. The first-order valence-electron chi connectivity index (χ1n) is 35.0. The number of nitrogens with zero attached hydrogens (tertiary/aromatic N) is 6. The Bertz CT molecular complexity index is 3780. The SMILES string of the molecule is O=C=O.O=C=O.[B]P([B])O[C@@H]1C(N=[N+]=[N-])[C@@H](OC2C(C)O[C@H](O[C@@H]3C(CO[Si](c4ccccc4)(c4ccccc4)C(C)(C)C)O[C@H](OC4C(C)O[C@@H](C)C(O)[C@@H]4OCc4ccccc4)C(N=[N+]=[N-])[C@H]3OP([B])[B])C(O)[C@@H]2OCc2ccccc2)OC(CO[Si](c2ccccc2)(c2ccccc2)C(C)(C)C)[C@H]1OC. The molecule has 4 aliphatic heterocycles. The van der Waals surface area contributed by atoms with E-state index < -0.39 is 165 Å². The molecular formula is C74H90B4N6O20P2Si2. The maximum absolute atomic E-state index is 13.3. The van der Waals surface area contributed by atoms with Gasteiger partial charge in [0.25, 0.3) is 16.6 Å². The molecule has 566 valence electrons. The van der Waals surface area contributed by atoms with Crippen LogP contribution in [-0.2, 0) is 97.7 Å². The monoisotopic (exact) mass is 1540 g/mol. The van der Waals surface area contributed by atoms with E-state index in [1.165, 1.54) is 7.11 Å². The molecule has 0 aromatic heterocycles. The number of methoxy groups -OCH3 is 1. The summed E-state index contributed by atoms with van der Waals surface area (Å²) in [7, 11) is 15.9. The summed E-state index contributed by atoms with van der Waals surface area (Å²) in [5.41, 5.74) is 22.6. The molecule has 8 radical (unpaired) electrons. The van der Waals surface area contributed by atoms with E-state index in [4.69, 9.17) is 115 Å². The molecule has 2 N–H and O–H groups in total. The number of hydrogen-bond donors (Lipinski definition) is 2. The molecule has 4 saturated heterocycles. The maximum Gasteiger partial charge on any atom is 0.373 e. The van der Waals surface area contributed by atoms with E-state index in [1.54, 1.807) is 20.8 Å². The fourth-order valence-corrected chi connectivity index (χ4v) is 24.8. The standard InChI is InChI=1S/C72H90B4N6O16P2Si2.2CO2/c1-45-58(83)66(86-41-48-29-17-11-18-30-48)60(46(2)90-45)94-69-57(80-82-78)65(98-100(75)76)63(55(93-69)44-89-102(72(7,8)9,52-37-25-15-26-38-52)53-39-27-16-28-40-53)96-70-59(84)67(87-42-49-31-19-12-20-32-49)61(47(3)91-70)95-68-56(79-81-77)64(97-99(73)74)62(85-10)54(92-68)43-88-101(71(4,5)6,50-33-21-13-22-34-50)51-35-23-14-24-36-51;2*2-1-3/h11-40,45-47,54-70,83-84H,41-44H2,1-10H3;;/t45-,46?,47?,54?,55?,56?,57?,58?,59?,60?,61?,62+,63+,64+,65+,66-,67-,68+,69+,70+;;/m0../s1. The lowest BCUT2D eigenvalue weighted by molar-refractivity contribution is -0.369. The second-order valence-corrected chi connectivity index (χ2v) is 38.7. The second-order valence-electron chi connectivity index (χ2n) is 28.2. The molecule has 10 rings (SSSR count). The Labute approximate surface area is 639 Å². The van der Waals surface area contributed by atoms with E-state index in [1.807, 2.05) is 133 Å². The number of carbonyl (C=O) groups excluding carboxylic acids is 4. The highest BCUT2D eigenvalue weighted by Crippen LogP contribution is 2.45. The van der Waals surface area contributed by atoms with Gasteiger partial charge in [0, 0.05) is 16.9 Å². The molecule has 6 aromatic rings. The normalized spacial score (nSPS) is 28.8. The van der Waals surface area contributed by atoms with E-state index in [0.29, 0.717) is 0 Å². The van der Waals surface area contributed by atoms with Gasteiger partial charge >= 0.3 is 12.3 Å². The van der Waals surface area contributed by atoms with Gasteiger partial charge in [0.2, 0.25) is 0 Å². The van der Waals surface area contributed by atoms with Crippen LogP contribution in [0.25, 0.3) is 20.9 Å². The highest BCUT2D eigenvalue weighted by Gasteiger charge is 2.59. The largest absolute Gasteiger partial charge is 0.405 e. The van der Waals surface area contributed by atoms with Crippen molar-refractivity contribution in [2.45, 2.75) is 208 Å². The van der Waals surface area contributed by atoms with Crippen LogP contribution in [0.4, 0.5) is 0 Å². The summed E-state index contributed by atoms with van der Waals surface area (Å²) >= 11 is 0. The Morgan fingerprint density at radius 2 is 0.759 bits per heavy atom. The Kier molecular flexibility index (Phi) is 33.3. The minimum atomic E-state index is -3.46. The molecule has 4 heterocycles. The zero-order valence-corrected chi connectivity index (χ0v) is 65.6. The van der Waals surface area contributed by atoms with Crippen molar-refractivity contribution in [2.24, 2.45) is 10.2 Å². The van der Waals surface area contributed by atoms with Crippen LogP contribution < -0.4 is 20.7 Å². The minimum absolute atomic E-state index is 0.0626. The highest BCUT2D eigenvalue weighted by atomic mass is 31.1. The number of aliphatic hydroxyl groups is 2. The van der Waals surface area contributed by atoms with Crippen molar-refractivity contribution >= 4 is 95.8 Å². The lowest BCUT2D eigenvalue weighted by atomic mass is 9.94. The van der Waals surface area contributed by atoms with Crippen molar-refractivity contribution in [2.75, 3.05) is 20.3 Å². The third-order valence-electron chi connectivity index (χ3n) is 19.3. The van der Waals surface area contributed by atoms with E-state index in [-0.39, 0.29) is 38.7 Å². The topological polar surface area (TPSA) is 335 Å². The number of azide groups is 2. The van der Waals surface area contributed by atoms with E-state index in [9.17, 15) is 21.3 Å². The molecule has 6 aromatic carbocycles. The van der Waals surface area contributed by atoms with Gasteiger partial charge in [-0.2, -0.15) is 19.2 Å². The van der Waals surface area contributed by atoms with Crippen molar-refractivity contribution in [1.29, 1.82) is 0 Å². The van der Waals surface area contributed by atoms with Gasteiger partial charge in [-0.3, -0.25) is 0 Å². The van der Waals surface area contributed by atoms with Crippen LogP contribution in [0.5, 0.6) is 0 Å². The molecule has 4 fully saturated rings. The summed E-state index contributed by atoms with van der Waals surface area (Å²) in [4.78, 5) is 39.1. The van der Waals surface area contributed by atoms with Gasteiger partial charge in [0.15, 0.2) is 18.9 Å². The molecule has 0 aliphatic carbocycles. The smallest absolute Gasteiger partial charge is 0.373 e. The summed E-state index contributed by atoms with van der Waals surface area (Å²) in [6, 6.07) is 56.1. The third kappa shape index (κ3) is 21.2. The summed E-state index contributed by atoms with van der Waals surface area (Å²) in [6.07, 6.45) is -21.7. The number of ether oxygens (including phenoxy) is 10. The fraction of sp³-hybridized carbons (Fsp3) is 0.486. The van der Waals surface area contributed by atoms with Crippen molar-refractivity contribution in [3.05, 3.63) is 214 Å². The summed E-state index contributed by atoms with van der Waals surface area (Å²) in [5.74, 6) is 0. The zero-order chi connectivity index (χ0) is 78.3. The molecule has 108 heavy (non-hydrogen) atoms. The number of hydrogen-bond acceptors (Lipinski definition) is 22. The summed E-state index contributed by atoms with van der Waals surface area (Å²) in [6.45, 7) is 17.8. The molecule has 26 nitrogen and oxygen atoms in total. The van der Waals surface area contributed by atoms with Crippen LogP contribution >= 0.6 is 15.8 Å². The van der Waals surface area contributed by atoms with Gasteiger partial charge in [-0.05, 0) is 73.8 Å². The van der Waals surface area contributed by atoms with Crippen LogP contribution in [0.3, 0.4) is 0 Å². The first-order valence-corrected chi connectivity index (χ1v) is 41.7. The van der Waals surface area contributed by atoms with Crippen molar-refractivity contribution in [3.63, 3.8) is 0 Å². The molecule has 0 bridgehead atoms. The van der Waals surface area contributed by atoms with Crippen LogP contribution in [0.2, 0.25) is 10.1 Å². The molecule has 4 aliphatic rings. The summed E-state index contributed by atoms with van der Waals surface area (Å²) in [5, 5.41) is 36.6. The van der Waals surface area contributed by atoms with Crippen LogP contribution in [0, 0.1) is 0 Å². The molecule has 0 spiro atoms. The van der Waals surface area contributed by atoms with Crippen molar-refractivity contribution in [3.8, 4) is 0 Å². The number of benzene rings is 6. The van der Waals surface area contributed by atoms with Gasteiger partial charge in [-0.1, -0.05) is 250 Å². The van der Waals surface area contributed by atoms with Gasteiger partial charge in [-0.15, -0.1) is 0 Å². The van der Waals surface area contributed by atoms with Crippen LogP contribution in [0.15, 0.2) is 192 Å². The average molecular weight is 1540 g/mol. The van der Waals surface area contributed by atoms with Gasteiger partial charge < -0.3 is 75.5 Å². The van der Waals surface area contributed by atoms with E-state index in [0.717, 1.165) is 31.9 Å². The first-order chi connectivity index (χ1) is 51.8. The Hall–Kier alpha value is -6.39. The average Bonchev–Trinajstić information content (AvgIpc) is 0.740. The number of rotatable bonds is 29. The summed E-state index contributed by atoms with van der Waals surface area (Å²) < 4.78 is 96.3. The minimum Gasteiger partial charge on any atom is -0.405 e. The molecular weight excluding hydrogens is 1450 g/mol. The first kappa shape index (κ1) is 87.2. The Morgan fingerprint density at radius 3 is 1.09 bits per heavy atom. The Balaban J connectivity index is 0.00000237. The molecule has 34 heteroatoms.